The highest BCUT2D eigenvalue weighted by Crippen LogP contribution is 2.22. The number of fused-ring (bicyclic) bond motifs is 1. The largest absolute Gasteiger partial charge is 0.391 e. The van der Waals surface area contributed by atoms with E-state index in [1.165, 1.54) is 11.8 Å². The Balaban J connectivity index is 1.84. The number of hydrogen-bond donors (Lipinski definition) is 8. The first kappa shape index (κ1) is 35.1. The highest BCUT2D eigenvalue weighted by Gasteiger charge is 2.39. The van der Waals surface area contributed by atoms with Gasteiger partial charge in [-0.25, -0.2) is 4.79 Å². The first-order chi connectivity index (χ1) is 21.4. The monoisotopic (exact) mass is 648 g/mol. The van der Waals surface area contributed by atoms with E-state index in [0.717, 1.165) is 16.5 Å². The smallest absolute Gasteiger partial charge is 0.312 e. The zero-order valence-electron chi connectivity index (χ0n) is 25.0. The number of piperidine rings is 1. The minimum absolute atomic E-state index is 0.0407. The number of nitrogens with two attached hydrogens (primary N) is 2. The van der Waals surface area contributed by atoms with Crippen molar-refractivity contribution >= 4 is 58.1 Å². The van der Waals surface area contributed by atoms with Crippen LogP contribution in [0, 0.1) is 0 Å². The average Bonchev–Trinajstić information content (AvgIpc) is 3.42. The number of hydrogen-bond acceptors (Lipinski definition) is 7. The van der Waals surface area contributed by atoms with E-state index < -0.39 is 71.7 Å². The van der Waals surface area contributed by atoms with Crippen LogP contribution >= 0.6 is 11.6 Å². The van der Waals surface area contributed by atoms with Gasteiger partial charge in [0.25, 0.3) is 0 Å². The molecule has 10 N–H and O–H groups in total. The molecule has 1 saturated heterocycles. The molecule has 2 aromatic rings. The Bertz CT molecular complexity index is 1380. The Morgan fingerprint density at radius 2 is 1.80 bits per heavy atom. The molecule has 1 aromatic carbocycles. The number of aliphatic hydroxyl groups excluding tert-OH is 1. The Morgan fingerprint density at radius 3 is 2.47 bits per heavy atom. The molecule has 0 saturated carbocycles. The van der Waals surface area contributed by atoms with Crippen molar-refractivity contribution in [3.8, 4) is 0 Å². The number of alkyl halides is 1. The third-order valence-electron chi connectivity index (χ3n) is 7.64. The quantitative estimate of drug-likeness (QED) is 0.0893. The second kappa shape index (κ2) is 16.6. The number of H-pyrrole nitrogens is 1. The molecule has 0 spiro atoms. The fourth-order valence-electron chi connectivity index (χ4n) is 5.32. The van der Waals surface area contributed by atoms with Crippen molar-refractivity contribution in [3.63, 3.8) is 0 Å². The zero-order chi connectivity index (χ0) is 33.1. The number of carbonyl (C=O) groups excluding carboxylic acids is 6. The van der Waals surface area contributed by atoms with Crippen LogP contribution in [0.15, 0.2) is 30.5 Å². The van der Waals surface area contributed by atoms with Gasteiger partial charge in [-0.1, -0.05) is 18.2 Å². The Labute approximate surface area is 265 Å². The second-order valence-electron chi connectivity index (χ2n) is 11.0. The maximum absolute atomic E-state index is 13.8. The van der Waals surface area contributed by atoms with Crippen LogP contribution in [-0.2, 0) is 30.4 Å². The Hall–Kier alpha value is -4.37. The van der Waals surface area contributed by atoms with E-state index in [1.54, 1.807) is 6.20 Å². The van der Waals surface area contributed by atoms with E-state index in [1.807, 2.05) is 24.3 Å². The van der Waals surface area contributed by atoms with Crippen molar-refractivity contribution in [3.05, 3.63) is 36.0 Å². The van der Waals surface area contributed by atoms with Crippen molar-refractivity contribution in [2.45, 2.75) is 75.7 Å². The molecule has 7 amide bonds. The van der Waals surface area contributed by atoms with Gasteiger partial charge in [0.05, 0.1) is 6.10 Å². The number of nitrogens with one attached hydrogen (secondary N) is 5. The summed E-state index contributed by atoms with van der Waals surface area (Å²) in [5.41, 5.74) is 12.2. The molecule has 2 unspecified atom stereocenters. The molecule has 0 aliphatic carbocycles. The summed E-state index contributed by atoms with van der Waals surface area (Å²) < 4.78 is 0. The predicted octanol–water partition coefficient (Wildman–Crippen LogP) is -0.901. The van der Waals surface area contributed by atoms with Crippen LogP contribution in [0.2, 0.25) is 0 Å². The fraction of sp³-hybridized carbons (Fsp3) is 0.517. The average molecular weight is 649 g/mol. The van der Waals surface area contributed by atoms with Gasteiger partial charge in [0.1, 0.15) is 30.0 Å². The number of rotatable bonds is 15. The molecule has 1 aliphatic rings. The molecule has 0 radical (unpaired) electrons. The van der Waals surface area contributed by atoms with Crippen molar-refractivity contribution in [2.75, 3.05) is 19.0 Å². The van der Waals surface area contributed by atoms with E-state index in [-0.39, 0.29) is 32.4 Å². The normalized spacial score (nSPS) is 17.4. The van der Waals surface area contributed by atoms with Gasteiger partial charge < -0.3 is 47.7 Å². The SMILES string of the molecule is CC(O)C(NC(=O)CCl)C(=O)N1CCCC[C@H]1C(=O)N[C@@H](Cc1c[nH]c2ccccc12)C(=O)N[C@@H](CCCNC(N)=O)C(N)=O. The number of aliphatic hydroxyl groups is 1. The number of nitrogens with zero attached hydrogens (tertiary/aromatic N) is 1. The van der Waals surface area contributed by atoms with E-state index in [0.29, 0.717) is 19.3 Å². The molecular weight excluding hydrogens is 608 g/mol. The standard InChI is InChI=1S/C29H41ClN8O7/c1-16(39)24(37-23(40)14-30)28(44)38-12-5-4-10-22(38)27(43)36-21(13-17-15-34-19-8-3-2-7-18(17)19)26(42)35-20(25(31)41)9-6-11-33-29(32)45/h2-3,7-8,15-16,20-22,24,34,39H,4-6,9-14H2,1H3,(H2,31,41)(H,35,42)(H,36,43)(H,37,40)(H3,32,33,45)/t16?,20-,21-,22-,24?/m0/s1. The summed E-state index contributed by atoms with van der Waals surface area (Å²) in [6.45, 7) is 1.70. The Morgan fingerprint density at radius 1 is 1.07 bits per heavy atom. The molecule has 45 heavy (non-hydrogen) atoms. The summed E-state index contributed by atoms with van der Waals surface area (Å²) in [7, 11) is 0. The molecule has 16 heteroatoms. The number of primary amides is 2. The first-order valence-corrected chi connectivity index (χ1v) is 15.3. The summed E-state index contributed by atoms with van der Waals surface area (Å²) in [6, 6.07) is 2.09. The molecule has 1 fully saturated rings. The van der Waals surface area contributed by atoms with Crippen LogP contribution in [-0.4, -0.2) is 99.8 Å². The van der Waals surface area contributed by atoms with Crippen molar-refractivity contribution in [1.29, 1.82) is 0 Å². The molecule has 5 atom stereocenters. The van der Waals surface area contributed by atoms with Gasteiger partial charge in [0.2, 0.25) is 29.5 Å². The lowest BCUT2D eigenvalue weighted by Gasteiger charge is -2.38. The molecule has 2 heterocycles. The zero-order valence-corrected chi connectivity index (χ0v) is 25.8. The predicted molar refractivity (Wildman–Crippen MR) is 166 cm³/mol. The second-order valence-corrected chi connectivity index (χ2v) is 11.3. The Kier molecular flexibility index (Phi) is 13.0. The lowest BCUT2D eigenvalue weighted by atomic mass is 9.97. The van der Waals surface area contributed by atoms with E-state index in [4.69, 9.17) is 23.1 Å². The lowest BCUT2D eigenvalue weighted by molar-refractivity contribution is -0.147. The summed E-state index contributed by atoms with van der Waals surface area (Å²) in [5.74, 6) is -3.81. The van der Waals surface area contributed by atoms with Gasteiger partial charge in [0, 0.05) is 36.6 Å². The minimum Gasteiger partial charge on any atom is -0.391 e. The topological polar surface area (TPSA) is 242 Å². The van der Waals surface area contributed by atoms with Crippen LogP contribution in [0.4, 0.5) is 4.79 Å². The van der Waals surface area contributed by atoms with Crippen LogP contribution < -0.4 is 32.7 Å². The fourth-order valence-corrected chi connectivity index (χ4v) is 5.40. The van der Waals surface area contributed by atoms with E-state index in [2.05, 4.69) is 26.3 Å². The lowest BCUT2D eigenvalue weighted by Crippen LogP contribution is -2.62. The number of aromatic amines is 1. The van der Waals surface area contributed by atoms with E-state index >= 15 is 0 Å². The number of aromatic nitrogens is 1. The van der Waals surface area contributed by atoms with Gasteiger partial charge in [0.15, 0.2) is 0 Å². The highest BCUT2D eigenvalue weighted by atomic mass is 35.5. The minimum atomic E-state index is -1.32. The molecule has 3 rings (SSSR count). The molecule has 1 aromatic heterocycles. The van der Waals surface area contributed by atoms with E-state index in [9.17, 15) is 33.9 Å². The molecule has 15 nitrogen and oxygen atoms in total. The number of para-hydroxylation sites is 1. The molecular formula is C29H41ClN8O7. The summed E-state index contributed by atoms with van der Waals surface area (Å²) in [6.07, 6.45) is 2.40. The summed E-state index contributed by atoms with van der Waals surface area (Å²) >= 11 is 5.58. The van der Waals surface area contributed by atoms with Crippen molar-refractivity contribution in [1.82, 2.24) is 31.2 Å². The van der Waals surface area contributed by atoms with Gasteiger partial charge in [-0.2, -0.15) is 0 Å². The van der Waals surface area contributed by atoms with Gasteiger partial charge >= 0.3 is 6.03 Å². The summed E-state index contributed by atoms with van der Waals surface area (Å²) in [5, 5.41) is 21.3. The summed E-state index contributed by atoms with van der Waals surface area (Å²) in [4.78, 5) is 80.4. The van der Waals surface area contributed by atoms with Crippen molar-refractivity contribution in [2.24, 2.45) is 11.5 Å². The number of likely N-dealkylation sites (tertiary alicyclic amines) is 1. The number of amides is 7. The van der Waals surface area contributed by atoms with Crippen LogP contribution in [0.1, 0.15) is 44.6 Å². The molecule has 246 valence electrons. The molecule has 0 bridgehead atoms. The number of halogens is 1. The maximum Gasteiger partial charge on any atom is 0.312 e. The van der Waals surface area contributed by atoms with Crippen molar-refractivity contribution < 1.29 is 33.9 Å². The van der Waals surface area contributed by atoms with Gasteiger partial charge in [-0.05, 0) is 50.7 Å². The number of benzene rings is 1. The van der Waals surface area contributed by atoms with Crippen LogP contribution in [0.3, 0.4) is 0 Å². The first-order valence-electron chi connectivity index (χ1n) is 14.7. The van der Waals surface area contributed by atoms with Crippen LogP contribution in [0.5, 0.6) is 0 Å². The third-order valence-corrected chi connectivity index (χ3v) is 7.88. The third kappa shape index (κ3) is 9.81. The van der Waals surface area contributed by atoms with Crippen LogP contribution in [0.25, 0.3) is 10.9 Å². The number of carbonyl (C=O) groups is 6. The van der Waals surface area contributed by atoms with Gasteiger partial charge in [-0.3, -0.25) is 24.0 Å². The highest BCUT2D eigenvalue weighted by molar-refractivity contribution is 6.27. The maximum atomic E-state index is 13.8. The van der Waals surface area contributed by atoms with Gasteiger partial charge in [-0.15, -0.1) is 11.6 Å². The molecule has 1 aliphatic heterocycles. The number of urea groups is 1.